The van der Waals surface area contributed by atoms with Gasteiger partial charge < -0.3 is 11.5 Å². The summed E-state index contributed by atoms with van der Waals surface area (Å²) in [5.74, 6) is 0.153. The lowest BCUT2D eigenvalue weighted by atomic mass is 9.93. The molecule has 0 radical (unpaired) electrons. The maximum atomic E-state index is 6.99. The highest BCUT2D eigenvalue weighted by Crippen LogP contribution is 2.09. The summed E-state index contributed by atoms with van der Waals surface area (Å²) < 4.78 is 0. The number of hydrogen-bond donors (Lipinski definition) is 3. The smallest absolute Gasteiger partial charge is 0.0975 e. The predicted octanol–water partition coefficient (Wildman–Crippen LogP) is -0.0927. The molecule has 0 spiro atoms. The minimum absolute atomic E-state index is 0.153. The van der Waals surface area contributed by atoms with Gasteiger partial charge in [-0.1, -0.05) is 13.8 Å². The van der Waals surface area contributed by atoms with E-state index in [1.165, 1.54) is 0 Å². The molecular weight excluding hydrogens is 102 g/mol. The third kappa shape index (κ3) is 1.50. The lowest BCUT2D eigenvalue weighted by molar-refractivity contribution is 0.529. The summed E-state index contributed by atoms with van der Waals surface area (Å²) in [5.41, 5.74) is 10.2. The van der Waals surface area contributed by atoms with Gasteiger partial charge in [0.05, 0.1) is 5.84 Å². The zero-order chi connectivity index (χ0) is 6.78. The van der Waals surface area contributed by atoms with Crippen LogP contribution in [0.25, 0.3) is 0 Å². The second-order valence-corrected chi connectivity index (χ2v) is 2.50. The monoisotopic (exact) mass is 115 g/mol. The van der Waals surface area contributed by atoms with E-state index in [4.69, 9.17) is 16.9 Å². The molecular formula is C5H13N3. The van der Waals surface area contributed by atoms with Crippen LogP contribution in [0.5, 0.6) is 0 Å². The molecule has 0 aliphatic rings. The Hall–Kier alpha value is -0.570. The van der Waals surface area contributed by atoms with Crippen molar-refractivity contribution < 1.29 is 0 Å². The molecule has 0 unspecified atom stereocenters. The minimum atomic E-state index is -0.319. The van der Waals surface area contributed by atoms with Crippen LogP contribution >= 0.6 is 0 Å². The van der Waals surface area contributed by atoms with Crippen molar-refractivity contribution in [3.05, 3.63) is 0 Å². The fourth-order valence-electron chi connectivity index (χ4n) is 0.110. The van der Waals surface area contributed by atoms with Crippen molar-refractivity contribution in [2.75, 3.05) is 6.54 Å². The third-order valence-corrected chi connectivity index (χ3v) is 1.24. The molecule has 0 saturated carbocycles. The quantitative estimate of drug-likeness (QED) is 0.347. The van der Waals surface area contributed by atoms with Crippen molar-refractivity contribution in [3.8, 4) is 0 Å². The Morgan fingerprint density at radius 1 is 1.62 bits per heavy atom. The van der Waals surface area contributed by atoms with Gasteiger partial charge in [0.25, 0.3) is 0 Å². The first kappa shape index (κ1) is 7.43. The highest BCUT2D eigenvalue weighted by Gasteiger charge is 2.18. The largest absolute Gasteiger partial charge is 0.387 e. The van der Waals surface area contributed by atoms with E-state index in [2.05, 4.69) is 0 Å². The van der Waals surface area contributed by atoms with Crippen LogP contribution in [0.2, 0.25) is 0 Å². The lowest BCUT2D eigenvalue weighted by Crippen LogP contribution is -2.37. The molecule has 0 aliphatic heterocycles. The summed E-state index contributed by atoms with van der Waals surface area (Å²) >= 11 is 0. The van der Waals surface area contributed by atoms with Gasteiger partial charge in [0.1, 0.15) is 0 Å². The van der Waals surface area contributed by atoms with E-state index < -0.39 is 0 Å². The van der Waals surface area contributed by atoms with E-state index in [0.717, 1.165) is 0 Å². The summed E-state index contributed by atoms with van der Waals surface area (Å²) in [6.07, 6.45) is 0. The molecule has 0 atom stereocenters. The topological polar surface area (TPSA) is 75.9 Å². The molecule has 0 heterocycles. The summed E-state index contributed by atoms with van der Waals surface area (Å²) in [4.78, 5) is 0. The molecule has 0 aromatic carbocycles. The van der Waals surface area contributed by atoms with Gasteiger partial charge in [0, 0.05) is 12.0 Å². The van der Waals surface area contributed by atoms with Crippen LogP contribution < -0.4 is 11.5 Å². The van der Waals surface area contributed by atoms with Crippen LogP contribution in [0, 0.1) is 10.8 Å². The van der Waals surface area contributed by atoms with Crippen LogP contribution in [-0.4, -0.2) is 12.4 Å². The van der Waals surface area contributed by atoms with Crippen molar-refractivity contribution >= 4 is 5.84 Å². The molecule has 0 aliphatic carbocycles. The molecule has 8 heavy (non-hydrogen) atoms. The van der Waals surface area contributed by atoms with Crippen LogP contribution in [0.1, 0.15) is 13.8 Å². The average Bonchev–Trinajstić information content (AvgIpc) is 1.67. The summed E-state index contributed by atoms with van der Waals surface area (Å²) in [6.45, 7) is 4.12. The highest BCUT2D eigenvalue weighted by atomic mass is 14.8. The number of hydrogen-bond acceptors (Lipinski definition) is 2. The van der Waals surface area contributed by atoms with Crippen molar-refractivity contribution in [2.45, 2.75) is 13.8 Å². The van der Waals surface area contributed by atoms with Crippen LogP contribution in [-0.2, 0) is 0 Å². The Balaban J connectivity index is 3.91. The van der Waals surface area contributed by atoms with Crippen LogP contribution in [0.4, 0.5) is 0 Å². The van der Waals surface area contributed by atoms with E-state index in [0.29, 0.717) is 6.54 Å². The zero-order valence-corrected chi connectivity index (χ0v) is 5.36. The van der Waals surface area contributed by atoms with Crippen molar-refractivity contribution in [1.82, 2.24) is 0 Å². The molecule has 0 fully saturated rings. The minimum Gasteiger partial charge on any atom is -0.387 e. The zero-order valence-electron chi connectivity index (χ0n) is 5.36. The molecule has 0 saturated heterocycles. The van der Waals surface area contributed by atoms with Gasteiger partial charge in [0.2, 0.25) is 0 Å². The number of nitrogens with one attached hydrogen (secondary N) is 1. The van der Waals surface area contributed by atoms with Crippen molar-refractivity contribution in [3.63, 3.8) is 0 Å². The molecule has 0 aromatic rings. The summed E-state index contributed by atoms with van der Waals surface area (Å²) in [6, 6.07) is 0. The third-order valence-electron chi connectivity index (χ3n) is 1.24. The van der Waals surface area contributed by atoms with Gasteiger partial charge in [0.15, 0.2) is 0 Å². The SMILES string of the molecule is CC(C)(CN)C(=N)N. The van der Waals surface area contributed by atoms with E-state index in [1.807, 2.05) is 13.8 Å². The first-order valence-corrected chi connectivity index (χ1v) is 2.55. The Morgan fingerprint density at radius 3 is 2.00 bits per heavy atom. The number of amidine groups is 1. The second-order valence-electron chi connectivity index (χ2n) is 2.50. The molecule has 5 N–H and O–H groups in total. The number of rotatable bonds is 2. The Morgan fingerprint density at radius 2 is 2.00 bits per heavy atom. The number of nitrogens with two attached hydrogens (primary N) is 2. The first-order chi connectivity index (χ1) is 3.50. The second kappa shape index (κ2) is 2.13. The van der Waals surface area contributed by atoms with Gasteiger partial charge in [-0.3, -0.25) is 5.41 Å². The van der Waals surface area contributed by atoms with Gasteiger partial charge in [-0.15, -0.1) is 0 Å². The van der Waals surface area contributed by atoms with Gasteiger partial charge in [-0.25, -0.2) is 0 Å². The van der Waals surface area contributed by atoms with Gasteiger partial charge >= 0.3 is 0 Å². The molecule has 0 rings (SSSR count). The van der Waals surface area contributed by atoms with Crippen LogP contribution in [0.3, 0.4) is 0 Å². The van der Waals surface area contributed by atoms with Gasteiger partial charge in [-0.2, -0.15) is 0 Å². The molecule has 0 amide bonds. The van der Waals surface area contributed by atoms with Crippen LogP contribution in [0.15, 0.2) is 0 Å². The van der Waals surface area contributed by atoms with Crippen molar-refractivity contribution in [2.24, 2.45) is 16.9 Å². The van der Waals surface area contributed by atoms with E-state index in [9.17, 15) is 0 Å². The maximum absolute atomic E-state index is 6.99. The highest BCUT2D eigenvalue weighted by molar-refractivity contribution is 5.82. The Kier molecular flexibility index (Phi) is 1.98. The average molecular weight is 115 g/mol. The standard InChI is InChI=1S/C5H13N3/c1-5(2,3-6)4(7)8/h3,6H2,1-2H3,(H3,7,8). The van der Waals surface area contributed by atoms with E-state index in [-0.39, 0.29) is 11.3 Å². The Bertz CT molecular complexity index is 95.8. The molecule has 48 valence electrons. The maximum Gasteiger partial charge on any atom is 0.0975 e. The molecule has 0 bridgehead atoms. The fraction of sp³-hybridized carbons (Fsp3) is 0.800. The molecule has 0 aromatic heterocycles. The van der Waals surface area contributed by atoms with Crippen molar-refractivity contribution in [1.29, 1.82) is 5.41 Å². The first-order valence-electron chi connectivity index (χ1n) is 2.55. The molecule has 3 nitrogen and oxygen atoms in total. The van der Waals surface area contributed by atoms with Gasteiger partial charge in [-0.05, 0) is 0 Å². The van der Waals surface area contributed by atoms with E-state index >= 15 is 0 Å². The summed E-state index contributed by atoms with van der Waals surface area (Å²) in [7, 11) is 0. The van der Waals surface area contributed by atoms with E-state index in [1.54, 1.807) is 0 Å². The summed E-state index contributed by atoms with van der Waals surface area (Å²) in [5, 5.41) is 6.99. The Labute approximate surface area is 49.6 Å². The fourth-order valence-corrected chi connectivity index (χ4v) is 0.110. The predicted molar refractivity (Wildman–Crippen MR) is 34.7 cm³/mol. The normalized spacial score (nSPS) is 11.4. The lowest BCUT2D eigenvalue weighted by Gasteiger charge is -2.19. The molecule has 3 heteroatoms.